The van der Waals surface area contributed by atoms with Crippen LogP contribution in [0.3, 0.4) is 0 Å². The van der Waals surface area contributed by atoms with Crippen molar-refractivity contribution in [2.45, 2.75) is 0 Å². The molecular weight excluding hydrogens is 1910 g/mol. The minimum atomic E-state index is 0.164. The summed E-state index contributed by atoms with van der Waals surface area (Å²) < 4.78 is 8.72. The Labute approximate surface area is 832 Å². The topological polar surface area (TPSA) is 116 Å². The van der Waals surface area contributed by atoms with Gasteiger partial charge in [-0.05, 0) is 22.3 Å². The summed E-state index contributed by atoms with van der Waals surface area (Å²) in [4.78, 5) is 45.2. The fraction of sp³-hybridized carbons (Fsp3) is 0. The van der Waals surface area contributed by atoms with E-state index >= 15 is 0 Å². The molecule has 12 heteroatoms. The molecule has 0 unspecified atom stereocenters. The van der Waals surface area contributed by atoms with Gasteiger partial charge in [0.15, 0.2) is 0 Å². The van der Waals surface area contributed by atoms with Crippen molar-refractivity contribution in [3.05, 3.63) is 491 Å². The van der Waals surface area contributed by atoms with E-state index < -0.39 is 0 Å². The zero-order chi connectivity index (χ0) is 93.5. The van der Waals surface area contributed by atoms with Gasteiger partial charge in [-0.2, -0.15) is 0 Å². The molecule has 21 aromatic carbocycles. The molecule has 660 valence electrons. The maximum atomic E-state index is 5.12. The molecule has 0 aliphatic heterocycles. The van der Waals surface area contributed by atoms with Crippen molar-refractivity contribution in [2.75, 3.05) is 0 Å². The normalized spacial score (nSPS) is 11.4. The van der Waals surface area contributed by atoms with Gasteiger partial charge in [0.05, 0.1) is 0 Å². The van der Waals surface area contributed by atoms with Crippen LogP contribution in [0, 0.1) is 0 Å². The molecule has 0 atom stereocenters. The first kappa shape index (κ1) is 85.6. The summed E-state index contributed by atoms with van der Waals surface area (Å²) in [5.74, 6) is 5.96. The third-order valence-corrected chi connectivity index (χ3v) is 34.1. The molecule has 0 spiro atoms. The van der Waals surface area contributed by atoms with Crippen molar-refractivity contribution in [3.63, 3.8) is 0 Å². The van der Waals surface area contributed by atoms with Crippen LogP contribution < -0.4 is 0 Å². The Morgan fingerprint density at radius 2 is 0.340 bits per heavy atom. The SMILES string of the molecule is c1ccc(-c2ccc(-c3nc(-c4ccccc4)nc(-c4ccc5c(-c6cccc7c6[se]c6ccccc67)cccc5c4)n3)cc2)cc1.c1ccc(-c2ccc(-c3nc(-c4ccccc4)nc(-c4cccc5c(-c6cccc7c6[se]c6ccccc67)cccc45)n3)cc2)cc1.c1ccc(-c2nc(-c3ccccc3)nc(-c3ccc(-c4cccc5c4[se]c4c(-c6ccccc6)cccc45)c4ccccc34)n2)cc1. The Kier molecular flexibility index (Phi) is 23.0. The summed E-state index contributed by atoms with van der Waals surface area (Å²) in [6.07, 6.45) is 0. The number of hydrogen-bond acceptors (Lipinski definition) is 9. The van der Waals surface area contributed by atoms with Gasteiger partial charge in [-0.25, -0.2) is 0 Å². The second kappa shape index (κ2) is 37.8. The van der Waals surface area contributed by atoms with Gasteiger partial charge in [0.1, 0.15) is 0 Å². The Bertz CT molecular complexity index is 9340. The van der Waals surface area contributed by atoms with Crippen LogP contribution in [0.2, 0.25) is 0 Å². The molecule has 6 aromatic heterocycles. The molecule has 6 heterocycles. The summed E-state index contributed by atoms with van der Waals surface area (Å²) in [7, 11) is 0. The van der Waals surface area contributed by atoms with E-state index in [9.17, 15) is 0 Å². The van der Waals surface area contributed by atoms with E-state index in [0.717, 1.165) is 77.4 Å². The number of fused-ring (bicyclic) bond motifs is 12. The monoisotopic (exact) mass is 2000 g/mol. The average molecular weight is 1990 g/mol. The van der Waals surface area contributed by atoms with E-state index in [1.54, 1.807) is 0 Å². The Morgan fingerprint density at radius 3 is 0.745 bits per heavy atom. The van der Waals surface area contributed by atoms with Crippen LogP contribution in [0.4, 0.5) is 0 Å². The van der Waals surface area contributed by atoms with Crippen LogP contribution in [-0.4, -0.2) is 88.4 Å². The minimum absolute atomic E-state index is 0.164. The second-order valence-electron chi connectivity index (χ2n) is 34.8. The summed E-state index contributed by atoms with van der Waals surface area (Å²) in [5, 5.41) is 15.2. The molecule has 9 nitrogen and oxygen atoms in total. The number of benzene rings is 21. The van der Waals surface area contributed by atoms with Gasteiger partial charge in [0.2, 0.25) is 0 Å². The van der Waals surface area contributed by atoms with Gasteiger partial charge < -0.3 is 0 Å². The van der Waals surface area contributed by atoms with Gasteiger partial charge in [0.25, 0.3) is 0 Å². The van der Waals surface area contributed by atoms with Crippen LogP contribution in [-0.2, 0) is 0 Å². The van der Waals surface area contributed by atoms with Crippen molar-refractivity contribution in [1.29, 1.82) is 0 Å². The van der Waals surface area contributed by atoms with Gasteiger partial charge in [-0.15, -0.1) is 0 Å². The van der Waals surface area contributed by atoms with E-state index in [2.05, 4.69) is 370 Å². The molecule has 0 fully saturated rings. The van der Waals surface area contributed by atoms with Crippen LogP contribution in [0.15, 0.2) is 491 Å². The zero-order valence-electron chi connectivity index (χ0n) is 76.0. The summed E-state index contributed by atoms with van der Waals surface area (Å²) in [6.45, 7) is 0. The van der Waals surface area contributed by atoms with Gasteiger partial charge >= 0.3 is 708 Å². The van der Waals surface area contributed by atoms with E-state index in [0.29, 0.717) is 52.4 Å². The fourth-order valence-corrected chi connectivity index (χ4v) is 27.5. The predicted molar refractivity (Wildman–Crippen MR) is 589 cm³/mol. The molecule has 0 bridgehead atoms. The molecule has 0 saturated heterocycles. The van der Waals surface area contributed by atoms with Gasteiger partial charge in [-0.3, -0.25) is 0 Å². The first-order chi connectivity index (χ1) is 69.9. The number of rotatable bonds is 15. The van der Waals surface area contributed by atoms with E-state index in [1.165, 1.54) is 130 Å². The molecule has 0 amide bonds. The molecular formula is C129H81N9Se3. The molecule has 0 aliphatic rings. The zero-order valence-corrected chi connectivity index (χ0v) is 81.2. The summed E-state index contributed by atoms with van der Waals surface area (Å²) >= 11 is 0.696. The van der Waals surface area contributed by atoms with Crippen molar-refractivity contribution in [3.8, 4) is 169 Å². The van der Waals surface area contributed by atoms with E-state index in [-0.39, 0.29) is 43.5 Å². The molecule has 27 rings (SSSR count). The molecule has 0 saturated carbocycles. The maximum absolute atomic E-state index is 5.12. The summed E-state index contributed by atoms with van der Waals surface area (Å²) in [5.41, 5.74) is 23.7. The van der Waals surface area contributed by atoms with Gasteiger partial charge in [-0.1, -0.05) is 109 Å². The summed E-state index contributed by atoms with van der Waals surface area (Å²) in [6, 6.07) is 173. The van der Waals surface area contributed by atoms with Crippen LogP contribution in [0.1, 0.15) is 0 Å². The van der Waals surface area contributed by atoms with E-state index in [4.69, 9.17) is 44.9 Å². The van der Waals surface area contributed by atoms with E-state index in [1.807, 2.05) is 121 Å². The molecule has 0 N–H and O–H groups in total. The number of hydrogen-bond donors (Lipinski definition) is 0. The first-order valence-electron chi connectivity index (χ1n) is 47.1. The van der Waals surface area contributed by atoms with Crippen molar-refractivity contribution in [2.24, 2.45) is 0 Å². The van der Waals surface area contributed by atoms with Gasteiger partial charge in [0, 0.05) is 0 Å². The Hall–Kier alpha value is -17.0. The Morgan fingerprint density at radius 1 is 0.113 bits per heavy atom. The van der Waals surface area contributed by atoms with Crippen LogP contribution in [0.25, 0.3) is 259 Å². The average Bonchev–Trinajstić information content (AvgIpc) is 1.71. The quantitative estimate of drug-likeness (QED) is 0.0925. The third kappa shape index (κ3) is 16.7. The van der Waals surface area contributed by atoms with Crippen molar-refractivity contribution in [1.82, 2.24) is 44.9 Å². The van der Waals surface area contributed by atoms with Crippen LogP contribution >= 0.6 is 0 Å². The Balaban J connectivity index is 0.000000111. The molecule has 27 aromatic rings. The molecule has 0 aliphatic carbocycles. The second-order valence-corrected chi connectivity index (χ2v) is 41.4. The first-order valence-corrected chi connectivity index (χ1v) is 52.2. The van der Waals surface area contributed by atoms with Crippen molar-refractivity contribution >= 4 is 134 Å². The predicted octanol–water partition coefficient (Wildman–Crippen LogP) is 32.2. The molecule has 141 heavy (non-hydrogen) atoms. The molecule has 0 radical (unpaired) electrons. The van der Waals surface area contributed by atoms with Crippen molar-refractivity contribution < 1.29 is 0 Å². The standard InChI is InChI=1S/3C43H27N3Se/c1-4-14-28(15-5-1)31-22-12-24-36-37-25-13-23-35(40(37)47-39(31)36)34-26-27-38(33-21-11-10-20-32(33)34)43-45-41(29-16-6-2-7-17-29)44-42(46-43)30-18-8-3-9-19-30;1-3-12-28(13-4-1)29-24-26-31(27-25-29)42-44-41(30-14-5-2-6-15-30)45-43(46-42)38-22-10-17-32-33(18-9-19-34(32)38)36-20-11-21-37-35-16-7-8-23-39(35)47-40(36)37;1-3-11-28(12-4-1)29-21-23-31(24-22-29)42-44-41(30-13-5-2-6-14-30)45-43(46-42)33-25-26-34-32(27-33)15-9-17-35(34)37-18-10-19-38-36-16-7-8-20-39(36)47-40(37)38/h3*1-27H. The third-order valence-electron chi connectivity index (χ3n) is 26.3. The number of aromatic nitrogens is 9. The number of nitrogens with zero attached hydrogens (tertiary/aromatic N) is 9. The fourth-order valence-electron chi connectivity index (χ4n) is 19.4. The van der Waals surface area contributed by atoms with Crippen LogP contribution in [0.5, 0.6) is 0 Å².